The third-order valence-corrected chi connectivity index (χ3v) is 4.08. The van der Waals surface area contributed by atoms with Gasteiger partial charge in [0.2, 0.25) is 0 Å². The Kier molecular flexibility index (Phi) is 3.46. The van der Waals surface area contributed by atoms with E-state index in [1.807, 2.05) is 4.68 Å². The summed E-state index contributed by atoms with van der Waals surface area (Å²) in [5.74, 6) is 0.0776. The molecule has 104 valence electrons. The molecular formula is C12H19N5O2. The van der Waals surface area contributed by atoms with E-state index >= 15 is 0 Å². The van der Waals surface area contributed by atoms with Crippen molar-refractivity contribution in [2.75, 3.05) is 0 Å². The smallest absolute Gasteiger partial charge is 0.306 e. The van der Waals surface area contributed by atoms with Crippen LogP contribution in [0.15, 0.2) is 0 Å². The number of hydrogen-bond donors (Lipinski definition) is 2. The molecule has 1 aromatic rings. The van der Waals surface area contributed by atoms with E-state index in [2.05, 4.69) is 20.8 Å². The van der Waals surface area contributed by atoms with Gasteiger partial charge in [-0.05, 0) is 49.0 Å². The summed E-state index contributed by atoms with van der Waals surface area (Å²) in [5.41, 5.74) is 0. The Bertz CT molecular complexity index is 449. The number of carboxylic acid groups (broad SMARTS) is 1. The second kappa shape index (κ2) is 5.24. The number of aromatic nitrogens is 4. The summed E-state index contributed by atoms with van der Waals surface area (Å²) in [6.07, 6.45) is 5.70. The van der Waals surface area contributed by atoms with Crippen LogP contribution in [0.3, 0.4) is 0 Å². The maximum atomic E-state index is 10.9. The van der Waals surface area contributed by atoms with Crippen LogP contribution in [0.25, 0.3) is 0 Å². The Hall–Kier alpha value is -1.50. The van der Waals surface area contributed by atoms with Gasteiger partial charge in [0, 0.05) is 6.04 Å². The molecule has 1 heterocycles. The molecule has 2 N–H and O–H groups in total. The molecule has 7 heteroatoms. The summed E-state index contributed by atoms with van der Waals surface area (Å²) in [5, 5.41) is 24.2. The number of aliphatic carboxylic acids is 1. The Morgan fingerprint density at radius 1 is 1.26 bits per heavy atom. The van der Waals surface area contributed by atoms with Crippen molar-refractivity contribution in [3.63, 3.8) is 0 Å². The van der Waals surface area contributed by atoms with E-state index in [0.717, 1.165) is 31.5 Å². The highest BCUT2D eigenvalue weighted by atomic mass is 16.4. The molecule has 2 aliphatic rings. The number of nitrogens with one attached hydrogen (secondary N) is 1. The number of carboxylic acids is 1. The first kappa shape index (κ1) is 12.5. The number of carbonyl (C=O) groups is 1. The van der Waals surface area contributed by atoms with Crippen molar-refractivity contribution < 1.29 is 9.90 Å². The van der Waals surface area contributed by atoms with Crippen LogP contribution in [0.2, 0.25) is 0 Å². The molecule has 0 bridgehead atoms. The van der Waals surface area contributed by atoms with Crippen molar-refractivity contribution >= 4 is 5.97 Å². The van der Waals surface area contributed by atoms with Crippen LogP contribution in [0.1, 0.15) is 50.4 Å². The molecule has 0 atom stereocenters. The molecule has 1 aromatic heterocycles. The fourth-order valence-electron chi connectivity index (χ4n) is 2.71. The van der Waals surface area contributed by atoms with Gasteiger partial charge in [-0.15, -0.1) is 5.10 Å². The lowest BCUT2D eigenvalue weighted by molar-refractivity contribution is -0.142. The van der Waals surface area contributed by atoms with Crippen LogP contribution in [0, 0.1) is 5.92 Å². The van der Waals surface area contributed by atoms with Gasteiger partial charge < -0.3 is 10.4 Å². The van der Waals surface area contributed by atoms with Gasteiger partial charge in [0.25, 0.3) is 0 Å². The summed E-state index contributed by atoms with van der Waals surface area (Å²) in [4.78, 5) is 10.9. The maximum Gasteiger partial charge on any atom is 0.306 e. The van der Waals surface area contributed by atoms with Crippen LogP contribution in [-0.2, 0) is 11.3 Å². The van der Waals surface area contributed by atoms with E-state index in [9.17, 15) is 4.79 Å². The molecule has 0 amide bonds. The molecule has 3 rings (SSSR count). The molecule has 0 unspecified atom stereocenters. The fraction of sp³-hybridized carbons (Fsp3) is 0.833. The Morgan fingerprint density at radius 3 is 2.63 bits per heavy atom. The van der Waals surface area contributed by atoms with Gasteiger partial charge in [0.15, 0.2) is 5.82 Å². The third kappa shape index (κ3) is 2.91. The fourth-order valence-corrected chi connectivity index (χ4v) is 2.71. The van der Waals surface area contributed by atoms with Crippen molar-refractivity contribution in [3.05, 3.63) is 5.82 Å². The first-order valence-electron chi connectivity index (χ1n) is 6.97. The van der Waals surface area contributed by atoms with E-state index in [1.54, 1.807) is 0 Å². The SMILES string of the molecule is O=C(O)C1CCC(NCc2nnnn2C2CC2)CC1. The van der Waals surface area contributed by atoms with E-state index in [-0.39, 0.29) is 5.92 Å². The molecule has 0 aliphatic heterocycles. The minimum absolute atomic E-state index is 0.158. The van der Waals surface area contributed by atoms with Crippen molar-refractivity contribution in [2.24, 2.45) is 5.92 Å². The highest BCUT2D eigenvalue weighted by molar-refractivity contribution is 5.70. The van der Waals surface area contributed by atoms with Gasteiger partial charge in [-0.3, -0.25) is 4.79 Å². The van der Waals surface area contributed by atoms with Crippen molar-refractivity contribution in [1.29, 1.82) is 0 Å². The van der Waals surface area contributed by atoms with Gasteiger partial charge in [0.1, 0.15) is 0 Å². The molecule has 2 aliphatic carbocycles. The molecule has 0 radical (unpaired) electrons. The lowest BCUT2D eigenvalue weighted by Crippen LogP contribution is -2.35. The Morgan fingerprint density at radius 2 is 2.00 bits per heavy atom. The first-order valence-corrected chi connectivity index (χ1v) is 6.97. The minimum Gasteiger partial charge on any atom is -0.481 e. The van der Waals surface area contributed by atoms with Crippen molar-refractivity contribution in [2.45, 2.75) is 57.2 Å². The topological polar surface area (TPSA) is 92.9 Å². The highest BCUT2D eigenvalue weighted by Gasteiger charge is 2.29. The number of hydrogen-bond acceptors (Lipinski definition) is 5. The molecule has 19 heavy (non-hydrogen) atoms. The highest BCUT2D eigenvalue weighted by Crippen LogP contribution is 2.34. The lowest BCUT2D eigenvalue weighted by atomic mass is 9.86. The van der Waals surface area contributed by atoms with Gasteiger partial charge >= 0.3 is 5.97 Å². The largest absolute Gasteiger partial charge is 0.481 e. The quantitative estimate of drug-likeness (QED) is 0.815. The monoisotopic (exact) mass is 265 g/mol. The Labute approximate surface area is 111 Å². The molecule has 7 nitrogen and oxygen atoms in total. The molecule has 0 saturated heterocycles. The number of nitrogens with zero attached hydrogens (tertiary/aromatic N) is 4. The summed E-state index contributed by atoms with van der Waals surface area (Å²) < 4.78 is 1.91. The van der Waals surface area contributed by atoms with Gasteiger partial charge in [0.05, 0.1) is 18.5 Å². The predicted molar refractivity (Wildman–Crippen MR) is 66.3 cm³/mol. The van der Waals surface area contributed by atoms with Gasteiger partial charge in [-0.2, -0.15) is 0 Å². The van der Waals surface area contributed by atoms with Crippen LogP contribution < -0.4 is 5.32 Å². The first-order chi connectivity index (χ1) is 9.24. The zero-order valence-corrected chi connectivity index (χ0v) is 10.8. The molecular weight excluding hydrogens is 246 g/mol. The average molecular weight is 265 g/mol. The molecule has 2 saturated carbocycles. The summed E-state index contributed by atoms with van der Waals surface area (Å²) in [6.45, 7) is 0.673. The number of rotatable bonds is 5. The summed E-state index contributed by atoms with van der Waals surface area (Å²) in [7, 11) is 0. The van der Waals surface area contributed by atoms with Crippen LogP contribution in [0.4, 0.5) is 0 Å². The minimum atomic E-state index is -0.656. The van der Waals surface area contributed by atoms with E-state index < -0.39 is 5.97 Å². The van der Waals surface area contributed by atoms with Crippen LogP contribution >= 0.6 is 0 Å². The molecule has 0 spiro atoms. The van der Waals surface area contributed by atoms with Crippen molar-refractivity contribution in [3.8, 4) is 0 Å². The normalized spacial score (nSPS) is 27.4. The predicted octanol–water partition coefficient (Wildman–Crippen LogP) is 0.741. The van der Waals surface area contributed by atoms with Crippen molar-refractivity contribution in [1.82, 2.24) is 25.5 Å². The number of tetrazole rings is 1. The Balaban J connectivity index is 1.48. The second-order valence-electron chi connectivity index (χ2n) is 5.54. The second-order valence-corrected chi connectivity index (χ2v) is 5.54. The summed E-state index contributed by atoms with van der Waals surface area (Å²) in [6, 6.07) is 0.884. The third-order valence-electron chi connectivity index (χ3n) is 4.08. The maximum absolute atomic E-state index is 10.9. The van der Waals surface area contributed by atoms with Gasteiger partial charge in [-0.25, -0.2) is 4.68 Å². The van der Waals surface area contributed by atoms with E-state index in [1.165, 1.54) is 12.8 Å². The van der Waals surface area contributed by atoms with Crippen LogP contribution in [0.5, 0.6) is 0 Å². The van der Waals surface area contributed by atoms with E-state index in [0.29, 0.717) is 18.6 Å². The molecule has 0 aromatic carbocycles. The lowest BCUT2D eigenvalue weighted by Gasteiger charge is -2.26. The summed E-state index contributed by atoms with van der Waals surface area (Å²) >= 11 is 0. The van der Waals surface area contributed by atoms with E-state index in [4.69, 9.17) is 5.11 Å². The standard InChI is InChI=1S/C12H19N5O2/c18-12(19)8-1-3-9(4-2-8)13-7-11-14-15-16-17(11)10-5-6-10/h8-10,13H,1-7H2,(H,18,19). The molecule has 2 fully saturated rings. The zero-order chi connectivity index (χ0) is 13.2. The van der Waals surface area contributed by atoms with Gasteiger partial charge in [-0.1, -0.05) is 0 Å². The van der Waals surface area contributed by atoms with Crippen LogP contribution in [-0.4, -0.2) is 37.3 Å². The average Bonchev–Trinajstić information content (AvgIpc) is 3.16. The zero-order valence-electron chi connectivity index (χ0n) is 10.8.